The van der Waals surface area contributed by atoms with Crippen molar-refractivity contribution in [2.75, 3.05) is 5.32 Å². The van der Waals surface area contributed by atoms with E-state index in [1.165, 1.54) is 30.7 Å². The minimum absolute atomic E-state index is 0.0277. The van der Waals surface area contributed by atoms with Crippen LogP contribution in [0.15, 0.2) is 53.0 Å². The molecule has 142 valence electrons. The van der Waals surface area contributed by atoms with E-state index in [1.807, 2.05) is 0 Å². The van der Waals surface area contributed by atoms with Crippen molar-refractivity contribution in [3.05, 3.63) is 68.8 Å². The fourth-order valence-corrected chi connectivity index (χ4v) is 3.03. The molecule has 0 aliphatic carbocycles. The van der Waals surface area contributed by atoms with Crippen molar-refractivity contribution in [2.45, 2.75) is 10.1 Å². The Balaban J connectivity index is 1.90. The van der Waals surface area contributed by atoms with Crippen LogP contribution in [0.3, 0.4) is 0 Å². The molecular formula is C15H11N7O5S. The highest BCUT2D eigenvalue weighted by molar-refractivity contribution is 7.99. The highest BCUT2D eigenvalue weighted by atomic mass is 32.2. The molecule has 0 aliphatic rings. The van der Waals surface area contributed by atoms with Gasteiger partial charge in [-0.25, -0.2) is 0 Å². The molecule has 13 heteroatoms. The molecule has 1 amide bonds. The van der Waals surface area contributed by atoms with E-state index in [-0.39, 0.29) is 27.5 Å². The zero-order valence-corrected chi connectivity index (χ0v) is 15.0. The van der Waals surface area contributed by atoms with Crippen LogP contribution in [0.2, 0.25) is 0 Å². The van der Waals surface area contributed by atoms with Crippen molar-refractivity contribution >= 4 is 34.7 Å². The summed E-state index contributed by atoms with van der Waals surface area (Å²) in [6.45, 7) is 0. The topological polar surface area (TPSA) is 159 Å². The van der Waals surface area contributed by atoms with Gasteiger partial charge in [-0.2, -0.15) is 0 Å². The third-order valence-electron chi connectivity index (χ3n) is 3.53. The molecule has 0 radical (unpaired) electrons. The molecular weight excluding hydrogens is 390 g/mol. The van der Waals surface area contributed by atoms with Crippen LogP contribution < -0.4 is 5.32 Å². The maximum Gasteiger partial charge on any atom is 0.310 e. The number of nitro benzene ring substituents is 1. The Morgan fingerprint density at radius 1 is 1.18 bits per heavy atom. The van der Waals surface area contributed by atoms with Gasteiger partial charge in [-0.05, 0) is 30.0 Å². The molecule has 12 nitrogen and oxygen atoms in total. The Labute approximate surface area is 160 Å². The summed E-state index contributed by atoms with van der Waals surface area (Å²) in [6.07, 6.45) is 3.74. The Bertz CT molecular complexity index is 1080. The lowest BCUT2D eigenvalue weighted by Crippen LogP contribution is -2.13. The number of rotatable bonds is 6. The lowest BCUT2D eigenvalue weighted by molar-refractivity contribution is -0.387. The Morgan fingerprint density at radius 2 is 1.93 bits per heavy atom. The van der Waals surface area contributed by atoms with Crippen LogP contribution in [0.1, 0.15) is 10.4 Å². The third kappa shape index (κ3) is 3.93. The molecule has 0 atom stereocenters. The van der Waals surface area contributed by atoms with Gasteiger partial charge in [0.2, 0.25) is 0 Å². The summed E-state index contributed by atoms with van der Waals surface area (Å²) in [5.74, 6) is -0.729. The van der Waals surface area contributed by atoms with E-state index in [0.29, 0.717) is 5.16 Å². The summed E-state index contributed by atoms with van der Waals surface area (Å²) in [7, 11) is 1.69. The van der Waals surface area contributed by atoms with Gasteiger partial charge >= 0.3 is 5.69 Å². The summed E-state index contributed by atoms with van der Waals surface area (Å²) in [5.41, 5.74) is -0.782. The van der Waals surface area contributed by atoms with E-state index in [9.17, 15) is 25.0 Å². The van der Waals surface area contributed by atoms with Gasteiger partial charge in [0, 0.05) is 24.9 Å². The van der Waals surface area contributed by atoms with Crippen LogP contribution in [0.5, 0.6) is 0 Å². The molecule has 28 heavy (non-hydrogen) atoms. The average molecular weight is 401 g/mol. The third-order valence-corrected chi connectivity index (χ3v) is 4.65. The van der Waals surface area contributed by atoms with E-state index in [2.05, 4.69) is 20.5 Å². The molecule has 0 fully saturated rings. The molecule has 2 heterocycles. The van der Waals surface area contributed by atoms with E-state index in [0.717, 1.165) is 24.0 Å². The second-order valence-corrected chi connectivity index (χ2v) is 6.38. The first-order valence-corrected chi connectivity index (χ1v) is 8.38. The van der Waals surface area contributed by atoms with E-state index >= 15 is 0 Å². The standard InChI is InChI=1S/C15H11N7O5S/c1-20-8-17-19-15(20)28-13-3-2-9(6-11(13)21(24)25)14(23)18-10-4-5-16-7-12(10)22(26)27/h2-8H,1H3,(H,16,18,23). The van der Waals surface area contributed by atoms with Crippen molar-refractivity contribution in [3.8, 4) is 0 Å². The number of hydrogen-bond donors (Lipinski definition) is 1. The molecule has 0 saturated carbocycles. The summed E-state index contributed by atoms with van der Waals surface area (Å²) in [5, 5.41) is 32.8. The number of nitro groups is 2. The monoisotopic (exact) mass is 401 g/mol. The number of hydrogen-bond acceptors (Lipinski definition) is 9. The highest BCUT2D eigenvalue weighted by Gasteiger charge is 2.22. The first-order valence-electron chi connectivity index (χ1n) is 7.57. The normalized spacial score (nSPS) is 10.5. The number of aryl methyl sites for hydroxylation is 1. The summed E-state index contributed by atoms with van der Waals surface area (Å²) >= 11 is 1.02. The number of pyridine rings is 1. The minimum Gasteiger partial charge on any atom is -0.316 e. The van der Waals surface area contributed by atoms with Gasteiger partial charge < -0.3 is 9.88 Å². The maximum atomic E-state index is 12.4. The highest BCUT2D eigenvalue weighted by Crippen LogP contribution is 2.34. The number of aromatic nitrogens is 4. The van der Waals surface area contributed by atoms with Crippen LogP contribution >= 0.6 is 11.8 Å². The first kappa shape index (κ1) is 18.9. The van der Waals surface area contributed by atoms with Gasteiger partial charge in [-0.3, -0.25) is 30.0 Å². The van der Waals surface area contributed by atoms with Crippen LogP contribution in [-0.2, 0) is 7.05 Å². The van der Waals surface area contributed by atoms with Gasteiger partial charge in [-0.15, -0.1) is 10.2 Å². The molecule has 1 N–H and O–H groups in total. The second-order valence-electron chi connectivity index (χ2n) is 5.37. The Hall–Kier alpha value is -3.87. The molecule has 0 spiro atoms. The largest absolute Gasteiger partial charge is 0.316 e. The lowest BCUT2D eigenvalue weighted by Gasteiger charge is -2.07. The predicted molar refractivity (Wildman–Crippen MR) is 97.1 cm³/mol. The summed E-state index contributed by atoms with van der Waals surface area (Å²) in [4.78, 5) is 37.5. The van der Waals surface area contributed by atoms with Crippen molar-refractivity contribution in [3.63, 3.8) is 0 Å². The zero-order chi connectivity index (χ0) is 20.3. The Kier molecular flexibility index (Phi) is 5.26. The van der Waals surface area contributed by atoms with E-state index in [1.54, 1.807) is 11.6 Å². The van der Waals surface area contributed by atoms with E-state index in [4.69, 9.17) is 0 Å². The quantitative estimate of drug-likeness (QED) is 0.483. The minimum atomic E-state index is -0.729. The average Bonchev–Trinajstić information content (AvgIpc) is 3.06. The summed E-state index contributed by atoms with van der Waals surface area (Å²) < 4.78 is 1.59. The number of nitrogens with zero attached hydrogens (tertiary/aromatic N) is 6. The molecule has 0 aliphatic heterocycles. The smallest absolute Gasteiger partial charge is 0.310 e. The molecule has 3 aromatic rings. The van der Waals surface area contributed by atoms with Crippen LogP contribution in [-0.4, -0.2) is 35.5 Å². The molecule has 3 rings (SSSR count). The van der Waals surface area contributed by atoms with Gasteiger partial charge in [0.15, 0.2) is 5.16 Å². The number of amides is 1. The van der Waals surface area contributed by atoms with Crippen LogP contribution in [0.4, 0.5) is 17.1 Å². The van der Waals surface area contributed by atoms with Crippen molar-refractivity contribution in [1.82, 2.24) is 19.7 Å². The Morgan fingerprint density at radius 3 is 2.57 bits per heavy atom. The lowest BCUT2D eigenvalue weighted by atomic mass is 10.2. The van der Waals surface area contributed by atoms with Crippen LogP contribution in [0.25, 0.3) is 0 Å². The number of anilines is 1. The van der Waals surface area contributed by atoms with Crippen LogP contribution in [0, 0.1) is 20.2 Å². The van der Waals surface area contributed by atoms with Gasteiger partial charge in [-0.1, -0.05) is 0 Å². The molecule has 1 aromatic carbocycles. The molecule has 0 saturated heterocycles. The number of carbonyl (C=O) groups excluding carboxylic acids is 1. The molecule has 0 unspecified atom stereocenters. The SMILES string of the molecule is Cn1cnnc1Sc1ccc(C(=O)Nc2ccncc2[N+](=O)[O-])cc1[N+](=O)[O-]. The fourth-order valence-electron chi connectivity index (χ4n) is 2.18. The number of carbonyl (C=O) groups is 1. The maximum absolute atomic E-state index is 12.4. The van der Waals surface area contributed by atoms with Gasteiger partial charge in [0.05, 0.1) is 14.7 Å². The molecule has 2 aromatic heterocycles. The van der Waals surface area contributed by atoms with Gasteiger partial charge in [0.25, 0.3) is 11.6 Å². The fraction of sp³-hybridized carbons (Fsp3) is 0.0667. The second kappa shape index (κ2) is 7.79. The summed E-state index contributed by atoms with van der Waals surface area (Å²) in [6, 6.07) is 5.16. The number of benzene rings is 1. The van der Waals surface area contributed by atoms with Crippen molar-refractivity contribution < 1.29 is 14.6 Å². The zero-order valence-electron chi connectivity index (χ0n) is 14.2. The van der Waals surface area contributed by atoms with Crippen molar-refractivity contribution in [2.24, 2.45) is 7.05 Å². The van der Waals surface area contributed by atoms with E-state index < -0.39 is 15.8 Å². The number of nitrogens with one attached hydrogen (secondary N) is 1. The first-order chi connectivity index (χ1) is 13.4. The van der Waals surface area contributed by atoms with Gasteiger partial charge in [0.1, 0.15) is 18.2 Å². The predicted octanol–water partition coefficient (Wildman–Crippen LogP) is 2.43. The molecule has 0 bridgehead atoms. The van der Waals surface area contributed by atoms with Crippen molar-refractivity contribution in [1.29, 1.82) is 0 Å².